The Hall–Kier alpha value is -2.23. The highest BCUT2D eigenvalue weighted by Gasteiger charge is 2.28. The molecule has 0 aliphatic carbocycles. The number of hydrogen-bond donors (Lipinski definition) is 0. The molecule has 1 atom stereocenters. The van der Waals surface area contributed by atoms with Gasteiger partial charge in [0, 0.05) is 23.7 Å². The van der Waals surface area contributed by atoms with Crippen molar-refractivity contribution in [2.24, 2.45) is 0 Å². The first-order valence-corrected chi connectivity index (χ1v) is 13.3. The fourth-order valence-electron chi connectivity index (χ4n) is 4.55. The zero-order valence-corrected chi connectivity index (χ0v) is 20.4. The van der Waals surface area contributed by atoms with Crippen molar-refractivity contribution in [3.05, 3.63) is 57.8 Å². The zero-order chi connectivity index (χ0) is 22.8. The number of rotatable bonds is 6. The zero-order valence-electron chi connectivity index (χ0n) is 18.7. The summed E-state index contributed by atoms with van der Waals surface area (Å²) in [6.45, 7) is 6.15. The SMILES string of the molecule is CC(Sc1nnc(CN2CCCCC2)n1-c1ccc(F)cc1)C(=O)N1CCc2sccc2C1. The average molecular weight is 486 g/mol. The van der Waals surface area contributed by atoms with Crippen molar-refractivity contribution in [3.63, 3.8) is 0 Å². The quantitative estimate of drug-likeness (QED) is 0.481. The van der Waals surface area contributed by atoms with Crippen LogP contribution in [-0.2, 0) is 24.3 Å². The van der Waals surface area contributed by atoms with E-state index < -0.39 is 0 Å². The van der Waals surface area contributed by atoms with Crippen LogP contribution in [0.4, 0.5) is 4.39 Å². The molecule has 1 saturated heterocycles. The number of carbonyl (C=O) groups excluding carboxylic acids is 1. The molecule has 1 aromatic carbocycles. The van der Waals surface area contributed by atoms with Gasteiger partial charge >= 0.3 is 0 Å². The predicted octanol–water partition coefficient (Wildman–Crippen LogP) is 4.52. The van der Waals surface area contributed by atoms with E-state index in [0.717, 1.165) is 37.6 Å². The van der Waals surface area contributed by atoms with Gasteiger partial charge in [-0.1, -0.05) is 18.2 Å². The molecule has 1 unspecified atom stereocenters. The highest BCUT2D eigenvalue weighted by molar-refractivity contribution is 8.00. The van der Waals surface area contributed by atoms with E-state index in [-0.39, 0.29) is 17.0 Å². The van der Waals surface area contributed by atoms with Gasteiger partial charge in [0.05, 0.1) is 11.8 Å². The molecule has 0 bridgehead atoms. The summed E-state index contributed by atoms with van der Waals surface area (Å²) in [5.41, 5.74) is 2.08. The van der Waals surface area contributed by atoms with Crippen molar-refractivity contribution in [1.29, 1.82) is 0 Å². The molecule has 2 aliphatic heterocycles. The molecular formula is C24H28FN5OS2. The van der Waals surface area contributed by atoms with Gasteiger partial charge in [-0.05, 0) is 80.6 Å². The Morgan fingerprint density at radius 3 is 2.70 bits per heavy atom. The van der Waals surface area contributed by atoms with Crippen LogP contribution in [0.2, 0.25) is 0 Å². The molecule has 5 rings (SSSR count). The van der Waals surface area contributed by atoms with Crippen molar-refractivity contribution >= 4 is 29.0 Å². The Morgan fingerprint density at radius 1 is 1.12 bits per heavy atom. The minimum absolute atomic E-state index is 0.114. The third-order valence-electron chi connectivity index (χ3n) is 6.35. The lowest BCUT2D eigenvalue weighted by molar-refractivity contribution is -0.131. The van der Waals surface area contributed by atoms with Gasteiger partial charge in [-0.15, -0.1) is 21.5 Å². The Kier molecular flexibility index (Phi) is 6.80. The first-order chi connectivity index (χ1) is 16.1. The van der Waals surface area contributed by atoms with Crippen LogP contribution in [0, 0.1) is 5.82 Å². The first kappa shape index (κ1) is 22.6. The number of likely N-dealkylation sites (tertiary alicyclic amines) is 1. The smallest absolute Gasteiger partial charge is 0.236 e. The van der Waals surface area contributed by atoms with Crippen LogP contribution >= 0.6 is 23.1 Å². The van der Waals surface area contributed by atoms with Crippen LogP contribution in [0.15, 0.2) is 40.9 Å². The van der Waals surface area contributed by atoms with E-state index >= 15 is 0 Å². The summed E-state index contributed by atoms with van der Waals surface area (Å²) in [7, 11) is 0. The standard InChI is InChI=1S/C24H28FN5OS2/c1-17(23(31)29-13-9-21-18(15-29)10-14-32-21)33-24-27-26-22(16-28-11-3-2-4-12-28)30(24)20-7-5-19(25)6-8-20/h5-8,10,14,17H,2-4,9,11-13,15-16H2,1H3. The molecule has 3 aromatic rings. The predicted molar refractivity (Wildman–Crippen MR) is 129 cm³/mol. The van der Waals surface area contributed by atoms with Crippen molar-refractivity contribution in [2.45, 2.75) is 56.1 Å². The molecule has 1 fully saturated rings. The fraction of sp³-hybridized carbons (Fsp3) is 0.458. The van der Waals surface area contributed by atoms with Gasteiger partial charge in [-0.25, -0.2) is 4.39 Å². The van der Waals surface area contributed by atoms with E-state index in [2.05, 4.69) is 26.5 Å². The van der Waals surface area contributed by atoms with Crippen LogP contribution in [0.25, 0.3) is 5.69 Å². The van der Waals surface area contributed by atoms with Crippen LogP contribution < -0.4 is 0 Å². The average Bonchev–Trinajstić information content (AvgIpc) is 3.46. The number of hydrogen-bond acceptors (Lipinski definition) is 6. The van der Waals surface area contributed by atoms with Crippen LogP contribution in [-0.4, -0.2) is 55.4 Å². The molecule has 6 nitrogen and oxygen atoms in total. The number of halogens is 1. The lowest BCUT2D eigenvalue weighted by Gasteiger charge is -2.29. The Bertz CT molecular complexity index is 1110. The number of thioether (sulfide) groups is 1. The topological polar surface area (TPSA) is 54.3 Å². The normalized spacial score (nSPS) is 17.7. The van der Waals surface area contributed by atoms with Gasteiger partial charge in [0.1, 0.15) is 5.82 Å². The number of carbonyl (C=O) groups is 1. The van der Waals surface area contributed by atoms with Crippen molar-refractivity contribution < 1.29 is 9.18 Å². The molecule has 1 amide bonds. The summed E-state index contributed by atoms with van der Waals surface area (Å²) >= 11 is 3.20. The molecule has 0 radical (unpaired) electrons. The van der Waals surface area contributed by atoms with Crippen molar-refractivity contribution in [2.75, 3.05) is 19.6 Å². The van der Waals surface area contributed by atoms with E-state index in [1.807, 2.05) is 16.4 Å². The lowest BCUT2D eigenvalue weighted by Crippen LogP contribution is -2.39. The second-order valence-corrected chi connectivity index (χ2v) is 11.0. The van der Waals surface area contributed by atoms with Gasteiger partial charge < -0.3 is 4.90 Å². The summed E-state index contributed by atoms with van der Waals surface area (Å²) in [6, 6.07) is 8.52. The van der Waals surface area contributed by atoms with Crippen LogP contribution in [0.1, 0.15) is 42.5 Å². The second kappa shape index (κ2) is 9.95. The molecule has 33 heavy (non-hydrogen) atoms. The molecule has 174 valence electrons. The molecule has 0 N–H and O–H groups in total. The molecular weight excluding hydrogens is 457 g/mol. The molecule has 9 heteroatoms. The minimum Gasteiger partial charge on any atom is -0.337 e. The third-order valence-corrected chi connectivity index (χ3v) is 8.40. The van der Waals surface area contributed by atoms with Crippen LogP contribution in [0.3, 0.4) is 0 Å². The second-order valence-electron chi connectivity index (χ2n) is 8.69. The summed E-state index contributed by atoms with van der Waals surface area (Å²) in [4.78, 5) is 19.0. The lowest BCUT2D eigenvalue weighted by atomic mass is 10.1. The molecule has 0 saturated carbocycles. The van der Waals surface area contributed by atoms with Gasteiger partial charge in [0.2, 0.25) is 5.91 Å². The monoisotopic (exact) mass is 485 g/mol. The number of thiophene rings is 1. The number of amides is 1. The minimum atomic E-state index is -0.295. The molecule has 4 heterocycles. The Balaban J connectivity index is 1.36. The maximum atomic E-state index is 13.6. The fourth-order valence-corrected chi connectivity index (χ4v) is 6.41. The van der Waals surface area contributed by atoms with Gasteiger partial charge in [0.25, 0.3) is 0 Å². The van der Waals surface area contributed by atoms with E-state index in [9.17, 15) is 9.18 Å². The van der Waals surface area contributed by atoms with Gasteiger partial charge in [0.15, 0.2) is 11.0 Å². The van der Waals surface area contributed by atoms with E-state index in [0.29, 0.717) is 18.2 Å². The number of fused-ring (bicyclic) bond motifs is 1. The maximum absolute atomic E-state index is 13.6. The number of benzene rings is 1. The summed E-state index contributed by atoms with van der Waals surface area (Å²) < 4.78 is 15.6. The Labute approximate surface area is 201 Å². The number of nitrogens with zero attached hydrogens (tertiary/aromatic N) is 5. The molecule has 2 aliphatic rings. The molecule has 0 spiro atoms. The Morgan fingerprint density at radius 2 is 1.91 bits per heavy atom. The first-order valence-electron chi connectivity index (χ1n) is 11.5. The van der Waals surface area contributed by atoms with E-state index in [1.165, 1.54) is 53.6 Å². The van der Waals surface area contributed by atoms with E-state index in [4.69, 9.17) is 0 Å². The van der Waals surface area contributed by atoms with Gasteiger partial charge in [-0.2, -0.15) is 0 Å². The maximum Gasteiger partial charge on any atom is 0.236 e. The molecule has 2 aromatic heterocycles. The van der Waals surface area contributed by atoms with Crippen molar-refractivity contribution in [3.8, 4) is 5.69 Å². The summed E-state index contributed by atoms with van der Waals surface area (Å²) in [5, 5.41) is 11.4. The van der Waals surface area contributed by atoms with Gasteiger partial charge in [-0.3, -0.25) is 14.3 Å². The largest absolute Gasteiger partial charge is 0.337 e. The highest BCUT2D eigenvalue weighted by atomic mass is 32.2. The number of aromatic nitrogens is 3. The third kappa shape index (κ3) is 5.00. The highest BCUT2D eigenvalue weighted by Crippen LogP contribution is 2.30. The van der Waals surface area contributed by atoms with Crippen LogP contribution in [0.5, 0.6) is 0 Å². The summed E-state index contributed by atoms with van der Waals surface area (Å²) in [5.74, 6) is 0.662. The van der Waals surface area contributed by atoms with Crippen molar-refractivity contribution in [1.82, 2.24) is 24.6 Å². The van der Waals surface area contributed by atoms with E-state index in [1.54, 1.807) is 23.5 Å². The number of piperidine rings is 1. The summed E-state index contributed by atoms with van der Waals surface area (Å²) in [6.07, 6.45) is 4.58.